The Bertz CT molecular complexity index is 666. The maximum absolute atomic E-state index is 12.1. The van der Waals surface area contributed by atoms with Crippen LogP contribution in [0.5, 0.6) is 0 Å². The summed E-state index contributed by atoms with van der Waals surface area (Å²) in [6.07, 6.45) is 2.24. The fourth-order valence-electron chi connectivity index (χ4n) is 3.00. The molecule has 1 aliphatic heterocycles. The topological polar surface area (TPSA) is 71.7 Å². The van der Waals surface area contributed by atoms with E-state index >= 15 is 0 Å². The number of aromatic nitrogens is 2. The van der Waals surface area contributed by atoms with Gasteiger partial charge in [-0.15, -0.1) is 11.3 Å². The lowest BCUT2D eigenvalue weighted by atomic mass is 10.2. The summed E-state index contributed by atoms with van der Waals surface area (Å²) in [6, 6.07) is 3.98. The lowest BCUT2D eigenvalue weighted by Gasteiger charge is -2.34. The van der Waals surface area contributed by atoms with Gasteiger partial charge in [0.2, 0.25) is 17.6 Å². The molecule has 0 atom stereocenters. The zero-order valence-electron chi connectivity index (χ0n) is 15.2. The fourth-order valence-corrected chi connectivity index (χ4v) is 3.65. The van der Waals surface area contributed by atoms with Gasteiger partial charge < -0.3 is 14.2 Å². The van der Waals surface area contributed by atoms with Crippen molar-refractivity contribution in [3.05, 3.63) is 23.4 Å². The lowest BCUT2D eigenvalue weighted by Crippen LogP contribution is -2.49. The molecule has 1 saturated heterocycles. The summed E-state index contributed by atoms with van der Waals surface area (Å²) in [7, 11) is 0. The van der Waals surface area contributed by atoms with Gasteiger partial charge in [-0.1, -0.05) is 11.2 Å². The SMILES string of the molecule is CCOCCC(=O)N1CCN(CCCc2nc(-c3cccs3)no2)CC1. The van der Waals surface area contributed by atoms with Crippen molar-refractivity contribution < 1.29 is 14.1 Å². The van der Waals surface area contributed by atoms with Crippen LogP contribution in [-0.2, 0) is 16.0 Å². The molecule has 7 nitrogen and oxygen atoms in total. The second-order valence-electron chi connectivity index (χ2n) is 6.26. The van der Waals surface area contributed by atoms with Gasteiger partial charge in [0, 0.05) is 39.2 Å². The summed E-state index contributed by atoms with van der Waals surface area (Å²) < 4.78 is 10.6. The van der Waals surface area contributed by atoms with E-state index in [1.165, 1.54) is 0 Å². The molecule has 1 aliphatic rings. The Hall–Kier alpha value is -1.77. The first-order valence-corrected chi connectivity index (χ1v) is 10.1. The average molecular weight is 378 g/mol. The minimum atomic E-state index is 0.199. The monoisotopic (exact) mass is 378 g/mol. The van der Waals surface area contributed by atoms with Crippen molar-refractivity contribution in [2.24, 2.45) is 0 Å². The van der Waals surface area contributed by atoms with Crippen LogP contribution in [0.25, 0.3) is 10.7 Å². The van der Waals surface area contributed by atoms with Crippen molar-refractivity contribution in [1.29, 1.82) is 0 Å². The molecular weight excluding hydrogens is 352 g/mol. The van der Waals surface area contributed by atoms with Crippen LogP contribution in [0.4, 0.5) is 0 Å². The van der Waals surface area contributed by atoms with Crippen LogP contribution >= 0.6 is 11.3 Å². The maximum atomic E-state index is 12.1. The zero-order valence-corrected chi connectivity index (χ0v) is 16.0. The molecule has 0 bridgehead atoms. The van der Waals surface area contributed by atoms with Gasteiger partial charge in [-0.25, -0.2) is 0 Å². The number of hydrogen-bond acceptors (Lipinski definition) is 7. The van der Waals surface area contributed by atoms with Gasteiger partial charge in [0.15, 0.2) is 0 Å². The molecule has 26 heavy (non-hydrogen) atoms. The highest BCUT2D eigenvalue weighted by molar-refractivity contribution is 7.13. The number of carbonyl (C=O) groups excluding carboxylic acids is 1. The predicted molar refractivity (Wildman–Crippen MR) is 100 cm³/mol. The number of amides is 1. The van der Waals surface area contributed by atoms with Gasteiger partial charge in [-0.05, 0) is 31.3 Å². The van der Waals surface area contributed by atoms with Gasteiger partial charge in [0.25, 0.3) is 0 Å². The van der Waals surface area contributed by atoms with E-state index < -0.39 is 0 Å². The standard InChI is InChI=1S/C18H26N4O3S/c1-2-24-13-7-17(23)22-11-9-21(10-12-22)8-3-6-16-19-18(20-25-16)15-5-4-14-26-15/h4-5,14H,2-3,6-13H2,1H3. The summed E-state index contributed by atoms with van der Waals surface area (Å²) in [5.74, 6) is 1.57. The van der Waals surface area contributed by atoms with Crippen LogP contribution in [-0.4, -0.2) is 71.8 Å². The maximum Gasteiger partial charge on any atom is 0.227 e. The van der Waals surface area contributed by atoms with Crippen LogP contribution in [0.15, 0.2) is 22.0 Å². The molecule has 0 spiro atoms. The molecule has 1 amide bonds. The molecule has 8 heteroatoms. The smallest absolute Gasteiger partial charge is 0.227 e. The third kappa shape index (κ3) is 5.36. The van der Waals surface area contributed by atoms with E-state index in [1.54, 1.807) is 11.3 Å². The number of thiophene rings is 1. The van der Waals surface area contributed by atoms with Crippen LogP contribution in [0.1, 0.15) is 25.7 Å². The number of rotatable bonds is 9. The molecule has 142 valence electrons. The minimum Gasteiger partial charge on any atom is -0.381 e. The first-order valence-electron chi connectivity index (χ1n) is 9.20. The Morgan fingerprint density at radius 1 is 1.35 bits per heavy atom. The fraction of sp³-hybridized carbons (Fsp3) is 0.611. The quantitative estimate of drug-likeness (QED) is 0.624. The van der Waals surface area contributed by atoms with E-state index in [-0.39, 0.29) is 5.91 Å². The minimum absolute atomic E-state index is 0.199. The highest BCUT2D eigenvalue weighted by Crippen LogP contribution is 2.21. The molecule has 2 aromatic heterocycles. The van der Waals surface area contributed by atoms with E-state index in [4.69, 9.17) is 9.26 Å². The van der Waals surface area contributed by atoms with Gasteiger partial charge in [-0.3, -0.25) is 9.69 Å². The molecule has 3 heterocycles. The lowest BCUT2D eigenvalue weighted by molar-refractivity contribution is -0.134. The van der Waals surface area contributed by atoms with Crippen molar-refractivity contribution in [2.75, 3.05) is 45.9 Å². The van der Waals surface area contributed by atoms with Gasteiger partial charge in [0.05, 0.1) is 17.9 Å². The van der Waals surface area contributed by atoms with Gasteiger partial charge >= 0.3 is 0 Å². The van der Waals surface area contributed by atoms with Gasteiger partial charge in [0.1, 0.15) is 0 Å². The summed E-state index contributed by atoms with van der Waals surface area (Å²) in [4.78, 5) is 21.9. The number of hydrogen-bond donors (Lipinski definition) is 0. The van der Waals surface area contributed by atoms with Crippen LogP contribution in [0, 0.1) is 0 Å². The largest absolute Gasteiger partial charge is 0.381 e. The molecule has 0 radical (unpaired) electrons. The number of ether oxygens (including phenoxy) is 1. The van der Waals surface area contributed by atoms with Gasteiger partial charge in [-0.2, -0.15) is 4.98 Å². The zero-order chi connectivity index (χ0) is 18.2. The van der Waals surface area contributed by atoms with Crippen LogP contribution in [0.3, 0.4) is 0 Å². The van der Waals surface area contributed by atoms with Crippen LogP contribution < -0.4 is 0 Å². The van der Waals surface area contributed by atoms with E-state index in [2.05, 4.69) is 15.0 Å². The second kappa shape index (κ2) is 9.80. The molecule has 0 unspecified atom stereocenters. The van der Waals surface area contributed by atoms with Crippen molar-refractivity contribution in [1.82, 2.24) is 19.9 Å². The van der Waals surface area contributed by atoms with Crippen molar-refractivity contribution in [2.45, 2.75) is 26.2 Å². The molecule has 0 aliphatic carbocycles. The Kier molecular flexibility index (Phi) is 7.16. The highest BCUT2D eigenvalue weighted by atomic mass is 32.1. The summed E-state index contributed by atoms with van der Waals surface area (Å²) in [5, 5.41) is 6.05. The molecule has 3 rings (SSSR count). The van der Waals surface area contributed by atoms with E-state index in [0.717, 1.165) is 50.4 Å². The summed E-state index contributed by atoms with van der Waals surface area (Å²) in [6.45, 7) is 7.55. The Morgan fingerprint density at radius 2 is 2.19 bits per heavy atom. The third-order valence-electron chi connectivity index (χ3n) is 4.46. The second-order valence-corrected chi connectivity index (χ2v) is 7.21. The number of nitrogens with zero attached hydrogens (tertiary/aromatic N) is 4. The Balaban J connectivity index is 1.33. The van der Waals surface area contributed by atoms with Crippen molar-refractivity contribution in [3.8, 4) is 10.7 Å². The molecule has 0 saturated carbocycles. The molecule has 0 aromatic carbocycles. The molecule has 1 fully saturated rings. The molecular formula is C18H26N4O3S. The summed E-state index contributed by atoms with van der Waals surface area (Å²) in [5.41, 5.74) is 0. The first kappa shape index (κ1) is 19.0. The Labute approximate surface area is 157 Å². The summed E-state index contributed by atoms with van der Waals surface area (Å²) >= 11 is 1.61. The number of carbonyl (C=O) groups is 1. The normalized spacial score (nSPS) is 15.5. The predicted octanol–water partition coefficient (Wildman–Crippen LogP) is 2.30. The highest BCUT2D eigenvalue weighted by Gasteiger charge is 2.20. The van der Waals surface area contributed by atoms with Crippen LogP contribution in [0.2, 0.25) is 0 Å². The molecule has 2 aromatic rings. The third-order valence-corrected chi connectivity index (χ3v) is 5.33. The number of aryl methyl sites for hydroxylation is 1. The number of piperazine rings is 1. The van der Waals surface area contributed by atoms with Crippen molar-refractivity contribution in [3.63, 3.8) is 0 Å². The van der Waals surface area contributed by atoms with E-state index in [1.807, 2.05) is 29.3 Å². The van der Waals surface area contributed by atoms with Crippen molar-refractivity contribution >= 4 is 17.2 Å². The Morgan fingerprint density at radius 3 is 2.92 bits per heavy atom. The molecule has 0 N–H and O–H groups in total. The van der Waals surface area contributed by atoms with E-state index in [9.17, 15) is 4.79 Å². The van der Waals surface area contributed by atoms with E-state index in [0.29, 0.717) is 31.3 Å². The first-order chi connectivity index (χ1) is 12.8. The average Bonchev–Trinajstić information content (AvgIpc) is 3.34.